The number of benzene rings is 1. The zero-order valence-electron chi connectivity index (χ0n) is 8.68. The van der Waals surface area contributed by atoms with E-state index in [1.807, 2.05) is 0 Å². The van der Waals surface area contributed by atoms with E-state index in [2.05, 4.69) is 0 Å². The van der Waals surface area contributed by atoms with Gasteiger partial charge in [0.2, 0.25) is 5.82 Å². The van der Waals surface area contributed by atoms with Crippen molar-refractivity contribution in [3.63, 3.8) is 0 Å². The van der Waals surface area contributed by atoms with Gasteiger partial charge in [0.15, 0.2) is 23.3 Å². The first kappa shape index (κ1) is 16.3. The van der Waals surface area contributed by atoms with Crippen molar-refractivity contribution < 1.29 is 37.0 Å². The Morgan fingerprint density at radius 1 is 0.944 bits per heavy atom. The lowest BCUT2D eigenvalue weighted by Crippen LogP contribution is -2.11. The van der Waals surface area contributed by atoms with Crippen molar-refractivity contribution in [3.05, 3.63) is 34.6 Å². The maximum absolute atomic E-state index is 12.6. The lowest BCUT2D eigenvalue weighted by Gasteiger charge is -2.03. The van der Waals surface area contributed by atoms with Crippen molar-refractivity contribution >= 4 is 5.97 Å². The second-order valence-electron chi connectivity index (χ2n) is 2.76. The van der Waals surface area contributed by atoms with Crippen LogP contribution in [0.1, 0.15) is 10.4 Å². The van der Waals surface area contributed by atoms with E-state index in [1.54, 1.807) is 0 Å². The van der Waals surface area contributed by atoms with Crippen molar-refractivity contribution in [1.82, 2.24) is 0 Å². The molecule has 0 bridgehead atoms. The fourth-order valence-corrected chi connectivity index (χ4v) is 0.793. The van der Waals surface area contributed by atoms with Gasteiger partial charge in [0.1, 0.15) is 5.56 Å². The average Bonchev–Trinajstić information content (AvgIpc) is 2.34. The molecule has 0 radical (unpaired) electrons. The smallest absolute Gasteiger partial charge is 0.341 e. The molecule has 1 aromatic rings. The van der Waals surface area contributed by atoms with Gasteiger partial charge in [-0.05, 0) is 0 Å². The number of hydrogen-bond donors (Lipinski definition) is 3. The van der Waals surface area contributed by atoms with Crippen molar-refractivity contribution in [2.24, 2.45) is 5.73 Å². The summed E-state index contributed by atoms with van der Waals surface area (Å²) >= 11 is 0. The van der Waals surface area contributed by atoms with E-state index in [9.17, 15) is 26.7 Å². The monoisotopic (exact) mass is 273 g/mol. The molecule has 0 aliphatic rings. The van der Waals surface area contributed by atoms with Gasteiger partial charge < -0.3 is 15.9 Å². The molecular weight excluding hydrogens is 265 g/mol. The van der Waals surface area contributed by atoms with Gasteiger partial charge in [-0.15, -0.1) is 0 Å². The topological polar surface area (TPSA) is 83.5 Å². The minimum Gasteiger partial charge on any atom is -0.477 e. The van der Waals surface area contributed by atoms with Crippen molar-refractivity contribution in [2.75, 3.05) is 13.2 Å². The van der Waals surface area contributed by atoms with Gasteiger partial charge in [0.25, 0.3) is 0 Å². The molecule has 102 valence electrons. The van der Waals surface area contributed by atoms with Crippen LogP contribution in [-0.4, -0.2) is 29.3 Å². The Kier molecular flexibility index (Phi) is 6.20. The first-order valence-corrected chi connectivity index (χ1v) is 4.35. The van der Waals surface area contributed by atoms with E-state index >= 15 is 0 Å². The molecule has 0 amide bonds. The Bertz CT molecular complexity index is 421. The summed E-state index contributed by atoms with van der Waals surface area (Å²) in [7, 11) is 0. The predicted molar refractivity (Wildman–Crippen MR) is 49.3 cm³/mol. The van der Waals surface area contributed by atoms with E-state index in [4.69, 9.17) is 15.9 Å². The number of aliphatic hydroxyl groups excluding tert-OH is 1. The summed E-state index contributed by atoms with van der Waals surface area (Å²) in [5, 5.41) is 15.9. The molecule has 4 N–H and O–H groups in total. The quantitative estimate of drug-likeness (QED) is 0.427. The lowest BCUT2D eigenvalue weighted by molar-refractivity contribution is 0.0682. The number of nitrogens with two attached hydrogens (primary N) is 1. The molecule has 0 aliphatic carbocycles. The normalized spacial score (nSPS) is 9.72. The van der Waals surface area contributed by atoms with Crippen LogP contribution in [0.3, 0.4) is 0 Å². The molecule has 4 nitrogen and oxygen atoms in total. The summed E-state index contributed by atoms with van der Waals surface area (Å²) < 4.78 is 62.1. The number of rotatable bonds is 2. The van der Waals surface area contributed by atoms with Crippen LogP contribution in [0, 0.1) is 29.1 Å². The minimum atomic E-state index is -2.38. The summed E-state index contributed by atoms with van der Waals surface area (Å²) in [4.78, 5) is 10.1. The van der Waals surface area contributed by atoms with Crippen LogP contribution in [0.4, 0.5) is 22.0 Å². The Balaban J connectivity index is 0.000000631. The number of hydrogen-bond acceptors (Lipinski definition) is 3. The van der Waals surface area contributed by atoms with Gasteiger partial charge in [-0.3, -0.25) is 0 Å². The van der Waals surface area contributed by atoms with Crippen molar-refractivity contribution in [1.29, 1.82) is 0 Å². The number of carboxylic acid groups (broad SMARTS) is 1. The van der Waals surface area contributed by atoms with Crippen LogP contribution in [0.2, 0.25) is 0 Å². The number of aliphatic hydroxyl groups is 1. The van der Waals surface area contributed by atoms with Crippen LogP contribution in [0.25, 0.3) is 0 Å². The Labute approximate surface area is 97.4 Å². The molecule has 1 rings (SSSR count). The molecule has 0 unspecified atom stereocenters. The molecule has 0 spiro atoms. The van der Waals surface area contributed by atoms with E-state index in [0.29, 0.717) is 6.54 Å². The summed E-state index contributed by atoms with van der Waals surface area (Å²) in [6, 6.07) is 0. The first-order chi connectivity index (χ1) is 8.29. The molecule has 0 fully saturated rings. The number of carboxylic acids is 1. The van der Waals surface area contributed by atoms with E-state index in [0.717, 1.165) is 0 Å². The second-order valence-corrected chi connectivity index (χ2v) is 2.76. The lowest BCUT2D eigenvalue weighted by atomic mass is 10.1. The summed E-state index contributed by atoms with van der Waals surface area (Å²) in [6.45, 7) is 0.472. The third kappa shape index (κ3) is 3.37. The molecule has 0 saturated carbocycles. The molecule has 18 heavy (non-hydrogen) atoms. The Morgan fingerprint density at radius 3 is 1.44 bits per heavy atom. The molecule has 0 aromatic heterocycles. The molecule has 0 atom stereocenters. The zero-order valence-corrected chi connectivity index (χ0v) is 8.68. The predicted octanol–water partition coefficient (Wildman–Crippen LogP) is 1.02. The second kappa shape index (κ2) is 6.87. The molecular formula is C9H8F5NO3. The summed E-state index contributed by atoms with van der Waals surface area (Å²) in [5.74, 6) is -13.9. The van der Waals surface area contributed by atoms with Gasteiger partial charge >= 0.3 is 5.97 Å². The van der Waals surface area contributed by atoms with Gasteiger partial charge in [-0.2, -0.15) is 0 Å². The molecule has 9 heteroatoms. The van der Waals surface area contributed by atoms with Crippen LogP contribution in [-0.2, 0) is 0 Å². The highest BCUT2D eigenvalue weighted by atomic mass is 19.2. The Hall–Kier alpha value is -1.74. The van der Waals surface area contributed by atoms with Crippen molar-refractivity contribution in [3.8, 4) is 0 Å². The standard InChI is InChI=1S/C7HF5O2.C2H7NO/c8-2-1(7(13)14)3(9)5(11)6(12)4(2)10;3-1-2-4/h(H,13,14);4H,1-3H2. The van der Waals surface area contributed by atoms with Crippen LogP contribution >= 0.6 is 0 Å². The van der Waals surface area contributed by atoms with E-state index < -0.39 is 40.6 Å². The molecule has 0 saturated heterocycles. The average molecular weight is 273 g/mol. The van der Waals surface area contributed by atoms with Crippen LogP contribution in [0.15, 0.2) is 0 Å². The summed E-state index contributed by atoms with van der Waals surface area (Å²) in [5.41, 5.74) is 2.92. The van der Waals surface area contributed by atoms with Crippen LogP contribution < -0.4 is 5.73 Å². The number of halogens is 5. The fraction of sp³-hybridized carbons (Fsp3) is 0.222. The van der Waals surface area contributed by atoms with Gasteiger partial charge in [0.05, 0.1) is 6.61 Å². The van der Waals surface area contributed by atoms with Crippen molar-refractivity contribution in [2.45, 2.75) is 0 Å². The summed E-state index contributed by atoms with van der Waals surface area (Å²) in [6.07, 6.45) is 0. The Morgan fingerprint density at radius 2 is 1.22 bits per heavy atom. The molecule has 0 aliphatic heterocycles. The SMILES string of the molecule is NCCO.O=C(O)c1c(F)c(F)c(F)c(F)c1F. The number of aromatic carboxylic acids is 1. The van der Waals surface area contributed by atoms with E-state index in [-0.39, 0.29) is 6.61 Å². The van der Waals surface area contributed by atoms with E-state index in [1.165, 1.54) is 0 Å². The largest absolute Gasteiger partial charge is 0.477 e. The maximum atomic E-state index is 12.6. The first-order valence-electron chi connectivity index (χ1n) is 4.35. The van der Waals surface area contributed by atoms with Crippen LogP contribution in [0.5, 0.6) is 0 Å². The highest BCUT2D eigenvalue weighted by molar-refractivity contribution is 5.88. The van der Waals surface area contributed by atoms with Gasteiger partial charge in [-0.1, -0.05) is 0 Å². The van der Waals surface area contributed by atoms with Gasteiger partial charge in [-0.25, -0.2) is 26.7 Å². The number of carbonyl (C=O) groups is 1. The minimum absolute atomic E-state index is 0.0972. The fourth-order valence-electron chi connectivity index (χ4n) is 0.793. The highest BCUT2D eigenvalue weighted by Gasteiger charge is 2.29. The highest BCUT2D eigenvalue weighted by Crippen LogP contribution is 2.22. The molecule has 0 heterocycles. The van der Waals surface area contributed by atoms with Gasteiger partial charge in [0, 0.05) is 6.54 Å². The zero-order chi connectivity index (χ0) is 14.5. The molecule has 1 aromatic carbocycles. The maximum Gasteiger partial charge on any atom is 0.341 e. The third-order valence-corrected chi connectivity index (χ3v) is 1.55. The third-order valence-electron chi connectivity index (χ3n) is 1.55.